The number of rotatable bonds is 6. The van der Waals surface area contributed by atoms with Crippen LogP contribution in [-0.2, 0) is 11.3 Å². The van der Waals surface area contributed by atoms with Gasteiger partial charge in [0.2, 0.25) is 5.91 Å². The van der Waals surface area contributed by atoms with Crippen LogP contribution < -0.4 is 11.1 Å². The smallest absolute Gasteiger partial charge is 0.221 e. The van der Waals surface area contributed by atoms with Gasteiger partial charge in [0, 0.05) is 25.7 Å². The molecule has 0 aliphatic carbocycles. The highest BCUT2D eigenvalue weighted by atomic mass is 35.5. The summed E-state index contributed by atoms with van der Waals surface area (Å²) in [4.78, 5) is 11.4. The summed E-state index contributed by atoms with van der Waals surface area (Å²) < 4.78 is 1.68. The summed E-state index contributed by atoms with van der Waals surface area (Å²) in [5.41, 5.74) is 6.10. The minimum Gasteiger partial charge on any atom is -0.356 e. The standard InChI is InChI=1S/C10H17ClN4O/c1-8-9(11)7-15(14-8)6-3-10(16)13-5-2-4-12/h7H,2-6,12H2,1H3,(H,13,16). The van der Waals surface area contributed by atoms with Gasteiger partial charge >= 0.3 is 0 Å². The third kappa shape index (κ3) is 4.20. The molecule has 1 heterocycles. The van der Waals surface area contributed by atoms with Crippen molar-refractivity contribution >= 4 is 17.5 Å². The van der Waals surface area contributed by atoms with Crippen LogP contribution in [0.4, 0.5) is 0 Å². The van der Waals surface area contributed by atoms with E-state index in [1.807, 2.05) is 6.92 Å². The van der Waals surface area contributed by atoms with Gasteiger partial charge in [-0.1, -0.05) is 11.6 Å². The van der Waals surface area contributed by atoms with E-state index in [-0.39, 0.29) is 5.91 Å². The first-order chi connectivity index (χ1) is 7.63. The molecule has 0 saturated carbocycles. The van der Waals surface area contributed by atoms with E-state index in [1.54, 1.807) is 10.9 Å². The van der Waals surface area contributed by atoms with Gasteiger partial charge in [0.1, 0.15) is 0 Å². The second-order valence-corrected chi connectivity index (χ2v) is 3.97. The number of carbonyl (C=O) groups excluding carboxylic acids is 1. The van der Waals surface area contributed by atoms with Gasteiger partial charge in [0.05, 0.1) is 10.7 Å². The predicted molar refractivity (Wildman–Crippen MR) is 63.3 cm³/mol. The van der Waals surface area contributed by atoms with E-state index in [2.05, 4.69) is 10.4 Å². The molecule has 0 aliphatic heterocycles. The molecule has 3 N–H and O–H groups in total. The molecule has 1 aromatic heterocycles. The van der Waals surface area contributed by atoms with Crippen molar-refractivity contribution in [2.75, 3.05) is 13.1 Å². The van der Waals surface area contributed by atoms with Gasteiger partial charge in [-0.15, -0.1) is 0 Å². The van der Waals surface area contributed by atoms with E-state index in [0.717, 1.165) is 12.1 Å². The number of aryl methyl sites for hydroxylation is 2. The van der Waals surface area contributed by atoms with Crippen molar-refractivity contribution in [3.63, 3.8) is 0 Å². The van der Waals surface area contributed by atoms with Crippen LogP contribution in [0.25, 0.3) is 0 Å². The average molecular weight is 245 g/mol. The van der Waals surface area contributed by atoms with Crippen LogP contribution >= 0.6 is 11.6 Å². The molecule has 16 heavy (non-hydrogen) atoms. The largest absolute Gasteiger partial charge is 0.356 e. The molecule has 1 amide bonds. The lowest BCUT2D eigenvalue weighted by atomic mass is 10.3. The topological polar surface area (TPSA) is 72.9 Å². The van der Waals surface area contributed by atoms with Crippen LogP contribution in [0.1, 0.15) is 18.5 Å². The summed E-state index contributed by atoms with van der Waals surface area (Å²) in [5.74, 6) is 0.0118. The van der Waals surface area contributed by atoms with Crippen molar-refractivity contribution in [1.82, 2.24) is 15.1 Å². The third-order valence-electron chi connectivity index (χ3n) is 2.16. The molecule has 90 valence electrons. The lowest BCUT2D eigenvalue weighted by molar-refractivity contribution is -0.121. The summed E-state index contributed by atoms with van der Waals surface area (Å²) >= 11 is 5.85. The Kier molecular flexibility index (Phi) is 5.28. The summed E-state index contributed by atoms with van der Waals surface area (Å²) in [7, 11) is 0. The molecular formula is C10H17ClN4O. The van der Waals surface area contributed by atoms with Gasteiger partial charge < -0.3 is 11.1 Å². The van der Waals surface area contributed by atoms with Crippen molar-refractivity contribution in [3.05, 3.63) is 16.9 Å². The first-order valence-electron chi connectivity index (χ1n) is 5.30. The fraction of sp³-hybridized carbons (Fsp3) is 0.600. The molecule has 0 aliphatic rings. The van der Waals surface area contributed by atoms with E-state index in [9.17, 15) is 4.79 Å². The Hall–Kier alpha value is -1.07. The molecule has 0 fully saturated rings. The van der Waals surface area contributed by atoms with Crippen LogP contribution in [0.2, 0.25) is 5.02 Å². The van der Waals surface area contributed by atoms with Crippen molar-refractivity contribution < 1.29 is 4.79 Å². The van der Waals surface area contributed by atoms with Crippen molar-refractivity contribution in [3.8, 4) is 0 Å². The normalized spacial score (nSPS) is 10.4. The fourth-order valence-electron chi connectivity index (χ4n) is 1.24. The zero-order valence-corrected chi connectivity index (χ0v) is 10.1. The number of hydrogen-bond donors (Lipinski definition) is 2. The van der Waals surface area contributed by atoms with Crippen LogP contribution in [0.5, 0.6) is 0 Å². The maximum Gasteiger partial charge on any atom is 0.221 e. The Morgan fingerprint density at radius 3 is 3.00 bits per heavy atom. The number of carbonyl (C=O) groups is 1. The van der Waals surface area contributed by atoms with Crippen LogP contribution in [0, 0.1) is 6.92 Å². The average Bonchev–Trinajstić information content (AvgIpc) is 2.56. The lowest BCUT2D eigenvalue weighted by Crippen LogP contribution is -2.26. The molecule has 0 aromatic carbocycles. The molecule has 0 radical (unpaired) electrons. The number of nitrogens with zero attached hydrogens (tertiary/aromatic N) is 2. The van der Waals surface area contributed by atoms with E-state index < -0.39 is 0 Å². The first kappa shape index (κ1) is 13.0. The number of aromatic nitrogens is 2. The molecular weight excluding hydrogens is 228 g/mol. The molecule has 1 aromatic rings. The molecule has 0 spiro atoms. The van der Waals surface area contributed by atoms with Gasteiger partial charge in [-0.05, 0) is 19.9 Å². The Labute approximate surface area is 99.9 Å². The number of nitrogens with one attached hydrogen (secondary N) is 1. The maximum absolute atomic E-state index is 11.4. The van der Waals surface area contributed by atoms with E-state index in [4.69, 9.17) is 17.3 Å². The van der Waals surface area contributed by atoms with Gasteiger partial charge in [-0.2, -0.15) is 5.10 Å². The number of amides is 1. The van der Waals surface area contributed by atoms with Crippen molar-refractivity contribution in [1.29, 1.82) is 0 Å². The zero-order valence-electron chi connectivity index (χ0n) is 9.37. The van der Waals surface area contributed by atoms with Crippen molar-refractivity contribution in [2.24, 2.45) is 5.73 Å². The van der Waals surface area contributed by atoms with E-state index >= 15 is 0 Å². The summed E-state index contributed by atoms with van der Waals surface area (Å²) in [6, 6.07) is 0. The van der Waals surface area contributed by atoms with Gasteiger partial charge in [0.15, 0.2) is 0 Å². The number of halogens is 1. The lowest BCUT2D eigenvalue weighted by Gasteiger charge is -2.04. The SMILES string of the molecule is Cc1nn(CCC(=O)NCCCN)cc1Cl. The molecule has 0 atom stereocenters. The van der Waals surface area contributed by atoms with E-state index in [0.29, 0.717) is 31.1 Å². The highest BCUT2D eigenvalue weighted by molar-refractivity contribution is 6.31. The molecule has 5 nitrogen and oxygen atoms in total. The van der Waals surface area contributed by atoms with Gasteiger partial charge in [-0.25, -0.2) is 0 Å². The first-order valence-corrected chi connectivity index (χ1v) is 5.67. The number of hydrogen-bond acceptors (Lipinski definition) is 3. The Balaban J connectivity index is 2.26. The molecule has 0 bridgehead atoms. The Morgan fingerprint density at radius 1 is 1.69 bits per heavy atom. The Morgan fingerprint density at radius 2 is 2.44 bits per heavy atom. The zero-order chi connectivity index (χ0) is 12.0. The Bertz CT molecular complexity index is 331. The minimum absolute atomic E-state index is 0.0118. The number of nitrogens with two attached hydrogens (primary N) is 1. The monoisotopic (exact) mass is 244 g/mol. The fourth-order valence-corrected chi connectivity index (χ4v) is 1.39. The molecule has 0 saturated heterocycles. The van der Waals surface area contributed by atoms with E-state index in [1.165, 1.54) is 0 Å². The molecule has 1 rings (SSSR count). The summed E-state index contributed by atoms with van der Waals surface area (Å²) in [5, 5.41) is 7.57. The van der Waals surface area contributed by atoms with Crippen LogP contribution in [0.3, 0.4) is 0 Å². The van der Waals surface area contributed by atoms with Crippen LogP contribution in [0.15, 0.2) is 6.20 Å². The highest BCUT2D eigenvalue weighted by Crippen LogP contribution is 2.11. The summed E-state index contributed by atoms with van der Waals surface area (Å²) in [6.45, 7) is 3.60. The molecule has 0 unspecified atom stereocenters. The highest BCUT2D eigenvalue weighted by Gasteiger charge is 2.04. The summed E-state index contributed by atoms with van der Waals surface area (Å²) in [6.07, 6.45) is 2.94. The minimum atomic E-state index is 0.0118. The maximum atomic E-state index is 11.4. The second-order valence-electron chi connectivity index (χ2n) is 3.57. The second kappa shape index (κ2) is 6.50. The quantitative estimate of drug-likeness (QED) is 0.724. The van der Waals surface area contributed by atoms with Crippen molar-refractivity contribution in [2.45, 2.75) is 26.3 Å². The third-order valence-corrected chi connectivity index (χ3v) is 2.53. The van der Waals surface area contributed by atoms with Crippen LogP contribution in [-0.4, -0.2) is 28.8 Å². The van der Waals surface area contributed by atoms with Gasteiger partial charge in [-0.3, -0.25) is 9.48 Å². The molecule has 6 heteroatoms. The van der Waals surface area contributed by atoms with Gasteiger partial charge in [0.25, 0.3) is 0 Å². The predicted octanol–water partition coefficient (Wildman–Crippen LogP) is 0.700.